The molecular formula is C18H27NO. The third-order valence-electron chi connectivity index (χ3n) is 5.13. The van der Waals surface area contributed by atoms with Crippen molar-refractivity contribution in [2.75, 3.05) is 13.2 Å². The minimum Gasteiger partial charge on any atom is -0.493 e. The molecule has 1 fully saturated rings. The van der Waals surface area contributed by atoms with Gasteiger partial charge in [-0.15, -0.1) is 0 Å². The largest absolute Gasteiger partial charge is 0.493 e. The van der Waals surface area contributed by atoms with E-state index in [1.807, 2.05) is 0 Å². The molecule has 0 aromatic heterocycles. The lowest BCUT2D eigenvalue weighted by Crippen LogP contribution is -2.38. The van der Waals surface area contributed by atoms with Gasteiger partial charge in [0.25, 0.3) is 0 Å². The topological polar surface area (TPSA) is 21.3 Å². The van der Waals surface area contributed by atoms with E-state index in [1.54, 1.807) is 0 Å². The lowest BCUT2D eigenvalue weighted by molar-refractivity contribution is 0.247. The van der Waals surface area contributed by atoms with E-state index >= 15 is 0 Å². The SMILES string of the molecule is C[C@H](NCC1CCOc2ccccc21)C1CCCCC1. The molecule has 0 bridgehead atoms. The Labute approximate surface area is 122 Å². The second kappa shape index (κ2) is 6.62. The van der Waals surface area contributed by atoms with Gasteiger partial charge in [-0.2, -0.15) is 0 Å². The van der Waals surface area contributed by atoms with Crippen molar-refractivity contribution in [3.8, 4) is 5.75 Å². The molecule has 2 aliphatic rings. The lowest BCUT2D eigenvalue weighted by Gasteiger charge is -2.31. The normalized spacial score (nSPS) is 24.8. The molecule has 2 atom stereocenters. The van der Waals surface area contributed by atoms with E-state index in [9.17, 15) is 0 Å². The number of fused-ring (bicyclic) bond motifs is 1. The van der Waals surface area contributed by atoms with E-state index < -0.39 is 0 Å². The van der Waals surface area contributed by atoms with Gasteiger partial charge in [0.05, 0.1) is 6.61 Å². The van der Waals surface area contributed by atoms with Gasteiger partial charge in [0.2, 0.25) is 0 Å². The van der Waals surface area contributed by atoms with Crippen LogP contribution >= 0.6 is 0 Å². The van der Waals surface area contributed by atoms with Gasteiger partial charge in [0.15, 0.2) is 0 Å². The fourth-order valence-electron chi connectivity index (χ4n) is 3.76. The van der Waals surface area contributed by atoms with Crippen LogP contribution in [-0.4, -0.2) is 19.2 Å². The zero-order chi connectivity index (χ0) is 13.8. The lowest BCUT2D eigenvalue weighted by atomic mass is 9.84. The average molecular weight is 273 g/mol. The summed E-state index contributed by atoms with van der Waals surface area (Å²) < 4.78 is 5.75. The molecular weight excluding hydrogens is 246 g/mol. The first-order valence-electron chi connectivity index (χ1n) is 8.29. The summed E-state index contributed by atoms with van der Waals surface area (Å²) in [5.74, 6) is 2.60. The minimum atomic E-state index is 0.617. The summed E-state index contributed by atoms with van der Waals surface area (Å²) in [5, 5.41) is 3.81. The summed E-state index contributed by atoms with van der Waals surface area (Å²) in [6.45, 7) is 4.33. The van der Waals surface area contributed by atoms with Crippen molar-refractivity contribution in [1.29, 1.82) is 0 Å². The van der Waals surface area contributed by atoms with Gasteiger partial charge in [-0.3, -0.25) is 0 Å². The van der Waals surface area contributed by atoms with E-state index in [0.717, 1.165) is 31.2 Å². The molecule has 110 valence electrons. The molecule has 20 heavy (non-hydrogen) atoms. The molecule has 3 rings (SSSR count). The van der Waals surface area contributed by atoms with Gasteiger partial charge in [0.1, 0.15) is 5.75 Å². The predicted octanol–water partition coefficient (Wildman–Crippen LogP) is 4.11. The number of hydrogen-bond donors (Lipinski definition) is 1. The van der Waals surface area contributed by atoms with Crippen LogP contribution in [0.2, 0.25) is 0 Å². The standard InChI is InChI=1S/C18H27NO/c1-14(15-7-3-2-4-8-15)19-13-16-11-12-20-18-10-6-5-9-17(16)18/h5-6,9-10,14-16,19H,2-4,7-8,11-13H2,1H3/t14-,16?/m0/s1. The van der Waals surface area contributed by atoms with Crippen molar-refractivity contribution in [2.24, 2.45) is 5.92 Å². The predicted molar refractivity (Wildman–Crippen MR) is 83.3 cm³/mol. The Bertz CT molecular complexity index is 425. The maximum atomic E-state index is 5.75. The molecule has 2 nitrogen and oxygen atoms in total. The highest BCUT2D eigenvalue weighted by Gasteiger charge is 2.24. The fraction of sp³-hybridized carbons (Fsp3) is 0.667. The van der Waals surface area contributed by atoms with Gasteiger partial charge in [-0.1, -0.05) is 37.5 Å². The summed E-state index contributed by atoms with van der Waals surface area (Å²) in [6, 6.07) is 9.19. The first-order chi connectivity index (χ1) is 9.84. The Balaban J connectivity index is 1.56. The summed E-state index contributed by atoms with van der Waals surface area (Å²) in [6.07, 6.45) is 8.27. The molecule has 1 saturated carbocycles. The third-order valence-corrected chi connectivity index (χ3v) is 5.13. The monoisotopic (exact) mass is 273 g/mol. The van der Waals surface area contributed by atoms with Gasteiger partial charge < -0.3 is 10.1 Å². The van der Waals surface area contributed by atoms with Crippen LogP contribution in [0.5, 0.6) is 5.75 Å². The number of benzene rings is 1. The molecule has 1 N–H and O–H groups in total. The minimum absolute atomic E-state index is 0.617. The van der Waals surface area contributed by atoms with Crippen LogP contribution in [0.4, 0.5) is 0 Å². The first-order valence-corrected chi connectivity index (χ1v) is 8.29. The van der Waals surface area contributed by atoms with Crippen molar-refractivity contribution >= 4 is 0 Å². The van der Waals surface area contributed by atoms with Gasteiger partial charge in [-0.05, 0) is 43.7 Å². The molecule has 1 heterocycles. The Morgan fingerprint density at radius 2 is 1.95 bits per heavy atom. The third kappa shape index (κ3) is 3.17. The molecule has 1 aliphatic carbocycles. The van der Waals surface area contributed by atoms with Crippen LogP contribution in [-0.2, 0) is 0 Å². The van der Waals surface area contributed by atoms with Crippen molar-refractivity contribution < 1.29 is 4.74 Å². The number of nitrogens with one attached hydrogen (secondary N) is 1. The fourth-order valence-corrected chi connectivity index (χ4v) is 3.76. The van der Waals surface area contributed by atoms with Crippen LogP contribution in [0, 0.1) is 5.92 Å². The van der Waals surface area contributed by atoms with Crippen LogP contribution in [0.1, 0.15) is 56.9 Å². The molecule has 2 heteroatoms. The van der Waals surface area contributed by atoms with E-state index in [4.69, 9.17) is 4.74 Å². The molecule has 1 aromatic carbocycles. The van der Waals surface area contributed by atoms with Crippen molar-refractivity contribution in [2.45, 2.75) is 57.4 Å². The molecule has 1 unspecified atom stereocenters. The molecule has 1 aromatic rings. The summed E-state index contributed by atoms with van der Waals surface area (Å²) >= 11 is 0. The molecule has 0 amide bonds. The first kappa shape index (κ1) is 13.9. The average Bonchev–Trinajstić information content (AvgIpc) is 2.53. The van der Waals surface area contributed by atoms with E-state index in [-0.39, 0.29) is 0 Å². The number of hydrogen-bond acceptors (Lipinski definition) is 2. The summed E-state index contributed by atoms with van der Waals surface area (Å²) in [4.78, 5) is 0. The molecule has 0 saturated heterocycles. The highest BCUT2D eigenvalue weighted by Crippen LogP contribution is 2.33. The number of rotatable bonds is 4. The van der Waals surface area contributed by atoms with Crippen LogP contribution in [0.25, 0.3) is 0 Å². The maximum absolute atomic E-state index is 5.75. The van der Waals surface area contributed by atoms with Crippen LogP contribution in [0.3, 0.4) is 0 Å². The Kier molecular flexibility index (Phi) is 4.62. The highest BCUT2D eigenvalue weighted by atomic mass is 16.5. The Hall–Kier alpha value is -1.02. The van der Waals surface area contributed by atoms with Gasteiger partial charge >= 0.3 is 0 Å². The zero-order valence-corrected chi connectivity index (χ0v) is 12.6. The summed E-state index contributed by atoms with van der Waals surface area (Å²) in [5.41, 5.74) is 1.39. The second-order valence-electron chi connectivity index (χ2n) is 6.47. The second-order valence-corrected chi connectivity index (χ2v) is 6.47. The van der Waals surface area contributed by atoms with Crippen LogP contribution in [0.15, 0.2) is 24.3 Å². The van der Waals surface area contributed by atoms with E-state index in [0.29, 0.717) is 12.0 Å². The maximum Gasteiger partial charge on any atom is 0.122 e. The van der Waals surface area contributed by atoms with Crippen molar-refractivity contribution in [1.82, 2.24) is 5.32 Å². The highest BCUT2D eigenvalue weighted by molar-refractivity contribution is 5.37. The molecule has 0 radical (unpaired) electrons. The Morgan fingerprint density at radius 1 is 1.15 bits per heavy atom. The summed E-state index contributed by atoms with van der Waals surface area (Å²) in [7, 11) is 0. The van der Waals surface area contributed by atoms with Gasteiger partial charge in [0, 0.05) is 18.5 Å². The molecule has 0 spiro atoms. The Morgan fingerprint density at radius 3 is 2.80 bits per heavy atom. The smallest absolute Gasteiger partial charge is 0.122 e. The number of para-hydroxylation sites is 1. The van der Waals surface area contributed by atoms with E-state index in [2.05, 4.69) is 36.5 Å². The quantitative estimate of drug-likeness (QED) is 0.891. The van der Waals surface area contributed by atoms with Crippen LogP contribution < -0.4 is 10.1 Å². The van der Waals surface area contributed by atoms with Crippen molar-refractivity contribution in [3.63, 3.8) is 0 Å². The van der Waals surface area contributed by atoms with Crippen molar-refractivity contribution in [3.05, 3.63) is 29.8 Å². The zero-order valence-electron chi connectivity index (χ0n) is 12.6. The number of ether oxygens (including phenoxy) is 1. The molecule has 1 aliphatic heterocycles. The van der Waals surface area contributed by atoms with Gasteiger partial charge in [-0.25, -0.2) is 0 Å². The van der Waals surface area contributed by atoms with E-state index in [1.165, 1.54) is 37.7 Å².